The second-order valence-corrected chi connectivity index (χ2v) is 5.40. The highest BCUT2D eigenvalue weighted by Gasteiger charge is 2.26. The molecule has 2 heterocycles. The van der Waals surface area contributed by atoms with Crippen molar-refractivity contribution in [2.75, 3.05) is 0 Å². The summed E-state index contributed by atoms with van der Waals surface area (Å²) in [4.78, 5) is 23.0. The van der Waals surface area contributed by atoms with Crippen LogP contribution < -0.4 is 10.6 Å². The molecule has 1 aliphatic heterocycles. The molecule has 0 spiro atoms. The molecule has 1 aliphatic rings. The van der Waals surface area contributed by atoms with Crippen LogP contribution in [0.15, 0.2) is 42.7 Å². The summed E-state index contributed by atoms with van der Waals surface area (Å²) in [5, 5.41) is 9.69. The summed E-state index contributed by atoms with van der Waals surface area (Å²) in [6.07, 6.45) is 4.68. The Labute approximate surface area is 128 Å². The molecule has 1 saturated heterocycles. The van der Waals surface area contributed by atoms with E-state index in [4.69, 9.17) is 0 Å². The van der Waals surface area contributed by atoms with Gasteiger partial charge in [0.25, 0.3) is 0 Å². The number of nitrogens with one attached hydrogen (secondary N) is 2. The van der Waals surface area contributed by atoms with Gasteiger partial charge >= 0.3 is 0 Å². The Bertz CT molecular complexity index is 649. The van der Waals surface area contributed by atoms with Crippen LogP contribution in [0, 0.1) is 0 Å². The standard InChI is InChI=1S/C16H18N4O2/c21-15-7-6-14(19-15)16(22)17-10-12-2-4-13(5-3-12)11-20-9-1-8-18-20/h1-5,8-9,14H,6-7,10-11H2,(H,17,22)(H,19,21). The summed E-state index contributed by atoms with van der Waals surface area (Å²) in [7, 11) is 0. The van der Waals surface area contributed by atoms with E-state index < -0.39 is 0 Å². The summed E-state index contributed by atoms with van der Waals surface area (Å²) in [6, 6.07) is 9.55. The molecular weight excluding hydrogens is 280 g/mol. The molecular formula is C16H18N4O2. The van der Waals surface area contributed by atoms with Crippen LogP contribution in [0.3, 0.4) is 0 Å². The van der Waals surface area contributed by atoms with Crippen LogP contribution in [0.2, 0.25) is 0 Å². The number of amides is 2. The van der Waals surface area contributed by atoms with Gasteiger partial charge in [0.2, 0.25) is 11.8 Å². The number of carbonyl (C=O) groups is 2. The van der Waals surface area contributed by atoms with Crippen molar-refractivity contribution in [1.82, 2.24) is 20.4 Å². The van der Waals surface area contributed by atoms with E-state index in [0.717, 1.165) is 17.7 Å². The zero-order chi connectivity index (χ0) is 15.4. The third-order valence-corrected chi connectivity index (χ3v) is 3.71. The second kappa shape index (κ2) is 6.43. The Hall–Kier alpha value is -2.63. The van der Waals surface area contributed by atoms with Crippen LogP contribution in [0.1, 0.15) is 24.0 Å². The highest BCUT2D eigenvalue weighted by molar-refractivity contribution is 5.90. The van der Waals surface area contributed by atoms with Crippen molar-refractivity contribution < 1.29 is 9.59 Å². The van der Waals surface area contributed by atoms with E-state index in [-0.39, 0.29) is 17.9 Å². The molecule has 6 heteroatoms. The lowest BCUT2D eigenvalue weighted by Crippen LogP contribution is -2.41. The largest absolute Gasteiger partial charge is 0.350 e. The normalized spacial score (nSPS) is 17.3. The molecule has 3 rings (SSSR count). The summed E-state index contributed by atoms with van der Waals surface area (Å²) < 4.78 is 1.86. The lowest BCUT2D eigenvalue weighted by atomic mass is 10.1. The van der Waals surface area contributed by atoms with E-state index in [0.29, 0.717) is 19.4 Å². The molecule has 1 atom stereocenters. The molecule has 2 N–H and O–H groups in total. The third-order valence-electron chi connectivity index (χ3n) is 3.71. The maximum absolute atomic E-state index is 11.9. The SMILES string of the molecule is O=C1CCC(C(=O)NCc2ccc(Cn3cccn3)cc2)N1. The average molecular weight is 298 g/mol. The first-order valence-electron chi connectivity index (χ1n) is 7.33. The van der Waals surface area contributed by atoms with Gasteiger partial charge in [0.15, 0.2) is 0 Å². The van der Waals surface area contributed by atoms with Crippen molar-refractivity contribution in [3.05, 3.63) is 53.9 Å². The van der Waals surface area contributed by atoms with Crippen LogP contribution in [-0.4, -0.2) is 27.6 Å². The van der Waals surface area contributed by atoms with E-state index in [9.17, 15) is 9.59 Å². The minimum Gasteiger partial charge on any atom is -0.350 e. The van der Waals surface area contributed by atoms with E-state index in [1.54, 1.807) is 6.20 Å². The molecule has 22 heavy (non-hydrogen) atoms. The number of benzene rings is 1. The first-order valence-corrected chi connectivity index (χ1v) is 7.33. The maximum atomic E-state index is 11.9. The third kappa shape index (κ3) is 3.52. The molecule has 2 aromatic rings. The van der Waals surface area contributed by atoms with Crippen molar-refractivity contribution in [2.24, 2.45) is 0 Å². The quantitative estimate of drug-likeness (QED) is 0.858. The maximum Gasteiger partial charge on any atom is 0.242 e. The van der Waals surface area contributed by atoms with E-state index >= 15 is 0 Å². The van der Waals surface area contributed by atoms with Crippen LogP contribution in [0.5, 0.6) is 0 Å². The summed E-state index contributed by atoms with van der Waals surface area (Å²) >= 11 is 0. The van der Waals surface area contributed by atoms with Crippen LogP contribution in [0.4, 0.5) is 0 Å². The predicted molar refractivity (Wildman–Crippen MR) is 80.8 cm³/mol. The van der Waals surface area contributed by atoms with Gasteiger partial charge in [-0.3, -0.25) is 14.3 Å². The summed E-state index contributed by atoms with van der Waals surface area (Å²) in [5.74, 6) is -0.172. The minimum atomic E-state index is -0.383. The minimum absolute atomic E-state index is 0.0527. The van der Waals surface area contributed by atoms with Crippen molar-refractivity contribution in [2.45, 2.75) is 32.0 Å². The Morgan fingerprint density at radius 1 is 1.32 bits per heavy atom. The van der Waals surface area contributed by atoms with Gasteiger partial charge < -0.3 is 10.6 Å². The van der Waals surface area contributed by atoms with Gasteiger partial charge in [0.1, 0.15) is 6.04 Å². The molecule has 1 aromatic carbocycles. The second-order valence-electron chi connectivity index (χ2n) is 5.40. The van der Waals surface area contributed by atoms with E-state index in [1.165, 1.54) is 0 Å². The van der Waals surface area contributed by atoms with Crippen molar-refractivity contribution >= 4 is 11.8 Å². The van der Waals surface area contributed by atoms with Gasteiger partial charge in [-0.15, -0.1) is 0 Å². The first-order chi connectivity index (χ1) is 10.7. The number of aromatic nitrogens is 2. The monoisotopic (exact) mass is 298 g/mol. The number of hydrogen-bond donors (Lipinski definition) is 2. The van der Waals surface area contributed by atoms with Gasteiger partial charge in [-0.1, -0.05) is 24.3 Å². The smallest absolute Gasteiger partial charge is 0.242 e. The molecule has 1 unspecified atom stereocenters. The zero-order valence-electron chi connectivity index (χ0n) is 12.2. The van der Waals surface area contributed by atoms with Crippen LogP contribution in [-0.2, 0) is 22.7 Å². The first kappa shape index (κ1) is 14.3. The summed E-state index contributed by atoms with van der Waals surface area (Å²) in [6.45, 7) is 1.20. The Balaban J connectivity index is 1.50. The van der Waals surface area contributed by atoms with Gasteiger partial charge in [0.05, 0.1) is 6.54 Å². The molecule has 1 aromatic heterocycles. The topological polar surface area (TPSA) is 76.0 Å². The lowest BCUT2D eigenvalue weighted by Gasteiger charge is -2.11. The predicted octanol–water partition coefficient (Wildman–Crippen LogP) is 0.826. The fraction of sp³-hybridized carbons (Fsp3) is 0.312. The molecule has 1 fully saturated rings. The van der Waals surface area contributed by atoms with Gasteiger partial charge in [-0.2, -0.15) is 5.10 Å². The number of nitrogens with zero attached hydrogens (tertiary/aromatic N) is 2. The fourth-order valence-corrected chi connectivity index (χ4v) is 2.47. The number of hydrogen-bond acceptors (Lipinski definition) is 3. The van der Waals surface area contributed by atoms with Crippen LogP contribution in [0.25, 0.3) is 0 Å². The summed E-state index contributed by atoms with van der Waals surface area (Å²) in [5.41, 5.74) is 2.18. The lowest BCUT2D eigenvalue weighted by molar-refractivity contribution is -0.125. The van der Waals surface area contributed by atoms with E-state index in [2.05, 4.69) is 15.7 Å². The van der Waals surface area contributed by atoms with Gasteiger partial charge in [-0.25, -0.2) is 0 Å². The molecule has 0 aliphatic carbocycles. The Morgan fingerprint density at radius 2 is 2.09 bits per heavy atom. The molecule has 0 bridgehead atoms. The Kier molecular flexibility index (Phi) is 4.18. The van der Waals surface area contributed by atoms with Crippen LogP contribution >= 0.6 is 0 Å². The fourth-order valence-electron chi connectivity index (χ4n) is 2.47. The molecule has 0 radical (unpaired) electrons. The average Bonchev–Trinajstić information content (AvgIpc) is 3.18. The molecule has 2 amide bonds. The number of carbonyl (C=O) groups excluding carboxylic acids is 2. The van der Waals surface area contributed by atoms with Crippen molar-refractivity contribution in [3.8, 4) is 0 Å². The van der Waals surface area contributed by atoms with Gasteiger partial charge in [0, 0.05) is 25.4 Å². The van der Waals surface area contributed by atoms with E-state index in [1.807, 2.05) is 41.2 Å². The Morgan fingerprint density at radius 3 is 2.73 bits per heavy atom. The highest BCUT2D eigenvalue weighted by Crippen LogP contribution is 2.08. The number of rotatable bonds is 5. The molecule has 6 nitrogen and oxygen atoms in total. The molecule has 114 valence electrons. The van der Waals surface area contributed by atoms with Crippen molar-refractivity contribution in [3.63, 3.8) is 0 Å². The highest BCUT2D eigenvalue weighted by atomic mass is 16.2. The van der Waals surface area contributed by atoms with Gasteiger partial charge in [-0.05, 0) is 23.6 Å². The molecule has 0 saturated carbocycles. The van der Waals surface area contributed by atoms with Crippen molar-refractivity contribution in [1.29, 1.82) is 0 Å². The zero-order valence-corrected chi connectivity index (χ0v) is 12.2.